The van der Waals surface area contributed by atoms with Crippen molar-refractivity contribution in [2.45, 2.75) is 38.1 Å². The van der Waals surface area contributed by atoms with Crippen LogP contribution in [0.15, 0.2) is 34.2 Å². The number of nitrogens with one attached hydrogen (secondary N) is 2. The lowest BCUT2D eigenvalue weighted by Crippen LogP contribution is -2.39. The Morgan fingerprint density at radius 1 is 1.29 bits per heavy atom. The predicted molar refractivity (Wildman–Crippen MR) is 124 cm³/mol. The van der Waals surface area contributed by atoms with Gasteiger partial charge in [0.05, 0.1) is 18.0 Å². The summed E-state index contributed by atoms with van der Waals surface area (Å²) in [6.07, 6.45) is 2.02. The molecule has 1 aromatic carbocycles. The van der Waals surface area contributed by atoms with E-state index in [9.17, 15) is 8.42 Å². The third-order valence-corrected chi connectivity index (χ3v) is 6.42. The molecule has 0 amide bonds. The smallest absolute Gasteiger partial charge is 0.243 e. The van der Waals surface area contributed by atoms with Crippen LogP contribution < -0.4 is 10.6 Å². The number of piperidine rings is 1. The molecule has 1 aliphatic heterocycles. The highest BCUT2D eigenvalue weighted by Gasteiger charge is 2.28. The molecule has 0 aliphatic carbocycles. The predicted octanol–water partition coefficient (Wildman–Crippen LogP) is 2.43. The van der Waals surface area contributed by atoms with Gasteiger partial charge in [-0.2, -0.15) is 4.31 Å². The van der Waals surface area contributed by atoms with Crippen LogP contribution in [0.1, 0.15) is 32.3 Å². The number of aliphatic imine (C=N–C) groups is 1. The molecule has 1 fully saturated rings. The van der Waals surface area contributed by atoms with Gasteiger partial charge < -0.3 is 15.4 Å². The lowest BCUT2D eigenvalue weighted by Gasteiger charge is -2.30. The molecular formula is C19H33IN4O3S. The SMILES string of the molecule is CCNC(=NCc1ccc(S(=O)(=O)N2CCCC(C)C2)cc1)NCCOC.I. The van der Waals surface area contributed by atoms with E-state index in [-0.39, 0.29) is 24.0 Å². The highest BCUT2D eigenvalue weighted by molar-refractivity contribution is 14.0. The molecule has 1 atom stereocenters. The number of nitrogens with zero attached hydrogens (tertiary/aromatic N) is 2. The van der Waals surface area contributed by atoms with Crippen LogP contribution in [-0.2, 0) is 21.3 Å². The minimum Gasteiger partial charge on any atom is -0.383 e. The molecule has 0 radical (unpaired) electrons. The van der Waals surface area contributed by atoms with Gasteiger partial charge in [0.15, 0.2) is 5.96 Å². The molecule has 28 heavy (non-hydrogen) atoms. The first kappa shape index (κ1) is 25.1. The summed E-state index contributed by atoms with van der Waals surface area (Å²) < 4.78 is 32.3. The largest absolute Gasteiger partial charge is 0.383 e. The Morgan fingerprint density at radius 3 is 2.61 bits per heavy atom. The molecule has 1 aliphatic rings. The average molecular weight is 524 g/mol. The molecule has 9 heteroatoms. The van der Waals surface area contributed by atoms with Crippen molar-refractivity contribution in [3.8, 4) is 0 Å². The van der Waals surface area contributed by atoms with Crippen LogP contribution in [0.5, 0.6) is 0 Å². The molecule has 0 bridgehead atoms. The van der Waals surface area contributed by atoms with Gasteiger partial charge in [0.2, 0.25) is 10.0 Å². The van der Waals surface area contributed by atoms with E-state index in [4.69, 9.17) is 4.74 Å². The number of methoxy groups -OCH3 is 1. The van der Waals surface area contributed by atoms with Gasteiger partial charge in [-0.25, -0.2) is 13.4 Å². The van der Waals surface area contributed by atoms with E-state index in [1.54, 1.807) is 23.5 Å². The summed E-state index contributed by atoms with van der Waals surface area (Å²) in [5, 5.41) is 6.36. The zero-order valence-corrected chi connectivity index (χ0v) is 20.1. The van der Waals surface area contributed by atoms with Crippen molar-refractivity contribution in [3.05, 3.63) is 29.8 Å². The Labute approximate surface area is 186 Å². The van der Waals surface area contributed by atoms with E-state index in [1.807, 2.05) is 19.1 Å². The van der Waals surface area contributed by atoms with Crippen LogP contribution in [0.25, 0.3) is 0 Å². The summed E-state index contributed by atoms with van der Waals surface area (Å²) in [6.45, 7) is 7.85. The van der Waals surface area contributed by atoms with Crippen molar-refractivity contribution in [3.63, 3.8) is 0 Å². The van der Waals surface area contributed by atoms with Gasteiger partial charge in [-0.05, 0) is 43.4 Å². The summed E-state index contributed by atoms with van der Waals surface area (Å²) in [5.41, 5.74) is 0.963. The summed E-state index contributed by atoms with van der Waals surface area (Å²) in [6, 6.07) is 7.04. The summed E-state index contributed by atoms with van der Waals surface area (Å²) in [5.74, 6) is 1.13. The van der Waals surface area contributed by atoms with Crippen molar-refractivity contribution >= 4 is 40.0 Å². The van der Waals surface area contributed by atoms with Crippen LogP contribution in [0.4, 0.5) is 0 Å². The second kappa shape index (κ2) is 12.6. The third kappa shape index (κ3) is 7.49. The Bertz CT molecular complexity index is 710. The normalized spacial score (nSPS) is 18.4. The quantitative estimate of drug-likeness (QED) is 0.236. The lowest BCUT2D eigenvalue weighted by molar-refractivity contribution is 0.203. The Morgan fingerprint density at radius 2 is 2.00 bits per heavy atom. The second-order valence-electron chi connectivity index (χ2n) is 6.87. The topological polar surface area (TPSA) is 83.0 Å². The second-order valence-corrected chi connectivity index (χ2v) is 8.81. The van der Waals surface area contributed by atoms with Crippen molar-refractivity contribution in [2.75, 3.05) is 39.9 Å². The molecule has 2 rings (SSSR count). The van der Waals surface area contributed by atoms with E-state index in [0.29, 0.717) is 49.6 Å². The van der Waals surface area contributed by atoms with Crippen LogP contribution in [0, 0.1) is 5.92 Å². The third-order valence-electron chi connectivity index (χ3n) is 4.54. The first-order chi connectivity index (χ1) is 13.0. The number of ether oxygens (including phenoxy) is 1. The molecule has 0 aromatic heterocycles. The number of benzene rings is 1. The van der Waals surface area contributed by atoms with Crippen molar-refractivity contribution < 1.29 is 13.2 Å². The summed E-state index contributed by atoms with van der Waals surface area (Å²) >= 11 is 0. The molecule has 1 aromatic rings. The monoisotopic (exact) mass is 524 g/mol. The fraction of sp³-hybridized carbons (Fsp3) is 0.632. The molecule has 1 heterocycles. The zero-order chi connectivity index (χ0) is 19.7. The molecule has 0 saturated carbocycles. The molecule has 0 spiro atoms. The average Bonchev–Trinajstić information content (AvgIpc) is 2.66. The molecular weight excluding hydrogens is 491 g/mol. The number of halogens is 1. The number of sulfonamides is 1. The zero-order valence-electron chi connectivity index (χ0n) is 17.0. The highest BCUT2D eigenvalue weighted by atomic mass is 127. The van der Waals surface area contributed by atoms with Crippen molar-refractivity contribution in [1.82, 2.24) is 14.9 Å². The molecule has 7 nitrogen and oxygen atoms in total. The maximum absolute atomic E-state index is 12.8. The van der Waals surface area contributed by atoms with E-state index < -0.39 is 10.0 Å². The van der Waals surface area contributed by atoms with E-state index in [1.165, 1.54) is 0 Å². The van der Waals surface area contributed by atoms with Gasteiger partial charge in [0.1, 0.15) is 0 Å². The Balaban J connectivity index is 0.00000392. The lowest BCUT2D eigenvalue weighted by atomic mass is 10.0. The van der Waals surface area contributed by atoms with E-state index in [2.05, 4.69) is 22.5 Å². The van der Waals surface area contributed by atoms with Crippen LogP contribution in [0.3, 0.4) is 0 Å². The number of rotatable bonds is 8. The summed E-state index contributed by atoms with van der Waals surface area (Å²) in [4.78, 5) is 4.88. The molecule has 2 N–H and O–H groups in total. The van der Waals surface area contributed by atoms with Gasteiger partial charge in [-0.15, -0.1) is 24.0 Å². The fourth-order valence-electron chi connectivity index (χ4n) is 3.06. The first-order valence-electron chi connectivity index (χ1n) is 9.57. The first-order valence-corrected chi connectivity index (χ1v) is 11.0. The van der Waals surface area contributed by atoms with Gasteiger partial charge in [-0.3, -0.25) is 0 Å². The van der Waals surface area contributed by atoms with Crippen LogP contribution in [0.2, 0.25) is 0 Å². The van der Waals surface area contributed by atoms with Crippen LogP contribution in [-0.4, -0.2) is 58.6 Å². The Kier molecular flexibility index (Phi) is 11.3. The number of guanidine groups is 1. The maximum Gasteiger partial charge on any atom is 0.243 e. The maximum atomic E-state index is 12.8. The summed E-state index contributed by atoms with van der Waals surface area (Å²) in [7, 11) is -1.75. The van der Waals surface area contributed by atoms with Gasteiger partial charge in [-0.1, -0.05) is 19.1 Å². The Hall–Kier alpha value is -0.910. The van der Waals surface area contributed by atoms with Crippen LogP contribution >= 0.6 is 24.0 Å². The van der Waals surface area contributed by atoms with Gasteiger partial charge >= 0.3 is 0 Å². The highest BCUT2D eigenvalue weighted by Crippen LogP contribution is 2.23. The standard InChI is InChI=1S/C19H32N4O3S.HI/c1-4-20-19(21-11-13-26-3)22-14-17-7-9-18(10-8-17)27(24,25)23-12-5-6-16(2)15-23;/h7-10,16H,4-6,11-15H2,1-3H3,(H2,20,21,22);1H. The number of hydrogen-bond acceptors (Lipinski definition) is 4. The molecule has 160 valence electrons. The van der Waals surface area contributed by atoms with Gasteiger partial charge in [0, 0.05) is 33.3 Å². The molecule has 1 unspecified atom stereocenters. The van der Waals surface area contributed by atoms with Crippen molar-refractivity contribution in [1.29, 1.82) is 0 Å². The number of hydrogen-bond donors (Lipinski definition) is 2. The van der Waals surface area contributed by atoms with Crippen molar-refractivity contribution in [2.24, 2.45) is 10.9 Å². The van der Waals surface area contributed by atoms with E-state index in [0.717, 1.165) is 24.9 Å². The fourth-order valence-corrected chi connectivity index (χ4v) is 4.66. The minimum atomic E-state index is -3.41. The minimum absolute atomic E-state index is 0. The molecule has 1 saturated heterocycles. The van der Waals surface area contributed by atoms with E-state index >= 15 is 0 Å². The van der Waals surface area contributed by atoms with Gasteiger partial charge in [0.25, 0.3) is 0 Å².